The van der Waals surface area contributed by atoms with E-state index in [2.05, 4.69) is 43.6 Å². The Bertz CT molecular complexity index is 956. The van der Waals surface area contributed by atoms with Crippen LogP contribution in [0.5, 0.6) is 0 Å². The lowest BCUT2D eigenvalue weighted by atomic mass is 10.1. The van der Waals surface area contributed by atoms with Gasteiger partial charge in [0.25, 0.3) is 5.91 Å². The number of nitrogens with zero attached hydrogens (tertiary/aromatic N) is 3. The fourth-order valence-electron chi connectivity index (χ4n) is 2.68. The second-order valence-corrected chi connectivity index (χ2v) is 6.75. The van der Waals surface area contributed by atoms with E-state index >= 15 is 0 Å². The van der Waals surface area contributed by atoms with Gasteiger partial charge in [-0.3, -0.25) is 24.0 Å². The highest BCUT2D eigenvalue weighted by Gasteiger charge is 2.22. The number of pyridine rings is 1. The molecule has 1 amide bonds. The SMILES string of the molecule is CCCCC#Cc1cncc(C(=O)Nc2cnn(C(CC(=O)OC)CC(=O)OC)c2)c1. The van der Waals surface area contributed by atoms with Gasteiger partial charge in [-0.25, -0.2) is 0 Å². The molecule has 9 nitrogen and oxygen atoms in total. The van der Waals surface area contributed by atoms with E-state index < -0.39 is 18.0 Å². The predicted octanol–water partition coefficient (Wildman–Crippen LogP) is 2.74. The van der Waals surface area contributed by atoms with Crippen LogP contribution in [-0.4, -0.2) is 46.8 Å². The molecule has 0 aliphatic heterocycles. The molecule has 0 aliphatic carbocycles. The number of methoxy groups -OCH3 is 2. The zero-order chi connectivity index (χ0) is 22.6. The van der Waals surface area contributed by atoms with E-state index in [9.17, 15) is 14.4 Å². The summed E-state index contributed by atoms with van der Waals surface area (Å²) in [4.78, 5) is 40.0. The number of carbonyl (C=O) groups is 3. The second kappa shape index (κ2) is 12.1. The molecule has 9 heteroatoms. The molecular weight excluding hydrogens is 400 g/mol. The van der Waals surface area contributed by atoms with Gasteiger partial charge >= 0.3 is 11.9 Å². The number of unbranched alkanes of at least 4 members (excludes halogenated alkanes) is 2. The van der Waals surface area contributed by atoms with Crippen LogP contribution in [0.3, 0.4) is 0 Å². The number of aromatic nitrogens is 3. The molecule has 0 fully saturated rings. The van der Waals surface area contributed by atoms with Crippen LogP contribution in [0.25, 0.3) is 0 Å². The van der Waals surface area contributed by atoms with Crippen molar-refractivity contribution in [2.45, 2.75) is 45.1 Å². The number of nitrogens with one attached hydrogen (secondary N) is 1. The molecule has 164 valence electrons. The van der Waals surface area contributed by atoms with Crippen LogP contribution in [0.4, 0.5) is 5.69 Å². The van der Waals surface area contributed by atoms with Gasteiger partial charge in [0.05, 0.1) is 50.6 Å². The number of anilines is 1. The van der Waals surface area contributed by atoms with Crippen molar-refractivity contribution in [1.29, 1.82) is 0 Å². The van der Waals surface area contributed by atoms with Gasteiger partial charge in [-0.1, -0.05) is 25.2 Å². The molecule has 0 radical (unpaired) electrons. The van der Waals surface area contributed by atoms with E-state index in [1.807, 2.05) is 0 Å². The largest absolute Gasteiger partial charge is 0.469 e. The summed E-state index contributed by atoms with van der Waals surface area (Å²) in [7, 11) is 2.53. The molecule has 2 aromatic heterocycles. The van der Waals surface area contributed by atoms with Crippen molar-refractivity contribution in [2.75, 3.05) is 19.5 Å². The fourth-order valence-corrected chi connectivity index (χ4v) is 2.68. The molecule has 0 aliphatic rings. The fraction of sp³-hybridized carbons (Fsp3) is 0.409. The van der Waals surface area contributed by atoms with Gasteiger partial charge in [-0.2, -0.15) is 5.10 Å². The first kappa shape index (κ1) is 23.6. The van der Waals surface area contributed by atoms with Crippen LogP contribution < -0.4 is 5.32 Å². The molecule has 0 bridgehead atoms. The third kappa shape index (κ3) is 7.59. The summed E-state index contributed by atoms with van der Waals surface area (Å²) < 4.78 is 10.8. The first-order valence-electron chi connectivity index (χ1n) is 9.89. The van der Waals surface area contributed by atoms with Crippen molar-refractivity contribution in [1.82, 2.24) is 14.8 Å². The Kier molecular flexibility index (Phi) is 9.23. The maximum Gasteiger partial charge on any atom is 0.307 e. The van der Waals surface area contributed by atoms with Crippen molar-refractivity contribution in [3.8, 4) is 11.8 Å². The molecule has 1 N–H and O–H groups in total. The van der Waals surface area contributed by atoms with Crippen LogP contribution in [-0.2, 0) is 19.1 Å². The van der Waals surface area contributed by atoms with Gasteiger partial charge in [-0.15, -0.1) is 0 Å². The number of esters is 2. The number of amides is 1. The Hall–Kier alpha value is -3.67. The number of rotatable bonds is 9. The zero-order valence-electron chi connectivity index (χ0n) is 17.9. The molecule has 31 heavy (non-hydrogen) atoms. The third-order valence-corrected chi connectivity index (χ3v) is 4.38. The minimum absolute atomic E-state index is 0.0661. The van der Waals surface area contributed by atoms with E-state index in [-0.39, 0.29) is 18.7 Å². The van der Waals surface area contributed by atoms with Gasteiger partial charge in [0.1, 0.15) is 0 Å². The van der Waals surface area contributed by atoms with Crippen LogP contribution in [0, 0.1) is 11.8 Å². The predicted molar refractivity (Wildman–Crippen MR) is 113 cm³/mol. The minimum Gasteiger partial charge on any atom is -0.469 e. The molecule has 2 rings (SSSR count). The lowest BCUT2D eigenvalue weighted by Crippen LogP contribution is -2.19. The lowest BCUT2D eigenvalue weighted by molar-refractivity contribution is -0.144. The highest BCUT2D eigenvalue weighted by atomic mass is 16.5. The Morgan fingerprint density at radius 3 is 2.48 bits per heavy atom. The Balaban J connectivity index is 2.09. The molecule has 0 atom stereocenters. The third-order valence-electron chi connectivity index (χ3n) is 4.38. The molecule has 0 aromatic carbocycles. The first-order valence-corrected chi connectivity index (χ1v) is 9.89. The van der Waals surface area contributed by atoms with E-state index in [1.165, 1.54) is 37.5 Å². The standard InChI is InChI=1S/C22H26N4O5/c1-4-5-6-7-8-16-9-17(13-23-12-16)22(29)25-18-14-24-26(15-18)19(10-20(27)30-2)11-21(28)31-3/h9,12-15,19H,4-6,10-11H2,1-3H3,(H,25,29). The molecule has 0 spiro atoms. The van der Waals surface area contributed by atoms with Crippen LogP contribution in [0.15, 0.2) is 30.9 Å². The Morgan fingerprint density at radius 2 is 1.84 bits per heavy atom. The summed E-state index contributed by atoms with van der Waals surface area (Å²) in [6, 6.07) is 1.07. The molecule has 0 saturated carbocycles. The summed E-state index contributed by atoms with van der Waals surface area (Å²) >= 11 is 0. The molecule has 0 saturated heterocycles. The van der Waals surface area contributed by atoms with Gasteiger partial charge in [-0.05, 0) is 12.5 Å². The quantitative estimate of drug-likeness (QED) is 0.373. The van der Waals surface area contributed by atoms with E-state index in [0.29, 0.717) is 16.8 Å². The average molecular weight is 426 g/mol. The summed E-state index contributed by atoms with van der Waals surface area (Å²) in [6.07, 6.45) is 8.79. The number of hydrogen-bond donors (Lipinski definition) is 1. The zero-order valence-corrected chi connectivity index (χ0v) is 17.9. The lowest BCUT2D eigenvalue weighted by Gasteiger charge is -2.15. The smallest absolute Gasteiger partial charge is 0.307 e. The first-order chi connectivity index (χ1) is 15.0. The Morgan fingerprint density at radius 1 is 1.13 bits per heavy atom. The topological polar surface area (TPSA) is 112 Å². The highest BCUT2D eigenvalue weighted by molar-refractivity contribution is 6.04. The number of ether oxygens (including phenoxy) is 2. The molecule has 2 heterocycles. The average Bonchev–Trinajstić information content (AvgIpc) is 3.24. The van der Waals surface area contributed by atoms with Crippen molar-refractivity contribution in [3.05, 3.63) is 42.0 Å². The summed E-state index contributed by atoms with van der Waals surface area (Å²) in [6.45, 7) is 2.10. The van der Waals surface area contributed by atoms with Crippen LogP contribution >= 0.6 is 0 Å². The van der Waals surface area contributed by atoms with Crippen LogP contribution in [0.2, 0.25) is 0 Å². The highest BCUT2D eigenvalue weighted by Crippen LogP contribution is 2.20. The summed E-state index contributed by atoms with van der Waals surface area (Å²) in [5, 5.41) is 6.89. The van der Waals surface area contributed by atoms with Gasteiger partial charge in [0.15, 0.2) is 0 Å². The maximum absolute atomic E-state index is 12.6. The van der Waals surface area contributed by atoms with Crippen molar-refractivity contribution in [2.24, 2.45) is 0 Å². The maximum atomic E-state index is 12.6. The Labute approximate surface area is 181 Å². The molecule has 2 aromatic rings. The monoisotopic (exact) mass is 426 g/mol. The van der Waals surface area contributed by atoms with Crippen molar-refractivity contribution in [3.63, 3.8) is 0 Å². The van der Waals surface area contributed by atoms with Crippen molar-refractivity contribution < 1.29 is 23.9 Å². The number of carbonyl (C=O) groups excluding carboxylic acids is 3. The summed E-state index contributed by atoms with van der Waals surface area (Å²) in [5.74, 6) is 4.72. The minimum atomic E-state index is -0.603. The van der Waals surface area contributed by atoms with E-state index in [1.54, 1.807) is 12.3 Å². The van der Waals surface area contributed by atoms with Crippen LogP contribution in [0.1, 0.15) is 61.0 Å². The van der Waals surface area contributed by atoms with Gasteiger partial charge in [0, 0.05) is 30.6 Å². The molecule has 0 unspecified atom stereocenters. The normalized spacial score (nSPS) is 10.2. The second-order valence-electron chi connectivity index (χ2n) is 6.75. The van der Waals surface area contributed by atoms with Gasteiger partial charge < -0.3 is 14.8 Å². The van der Waals surface area contributed by atoms with E-state index in [4.69, 9.17) is 0 Å². The molecular formula is C22H26N4O5. The van der Waals surface area contributed by atoms with Gasteiger partial charge in [0.2, 0.25) is 0 Å². The number of hydrogen-bond acceptors (Lipinski definition) is 7. The van der Waals surface area contributed by atoms with Crippen molar-refractivity contribution >= 4 is 23.5 Å². The summed E-state index contributed by atoms with van der Waals surface area (Å²) in [5.41, 5.74) is 1.43. The van der Waals surface area contributed by atoms with E-state index in [0.717, 1.165) is 19.3 Å².